The number of nitrogens with one attached hydrogen (secondary N) is 1. The maximum absolute atomic E-state index is 11.7. The van der Waals surface area contributed by atoms with Crippen LogP contribution in [0, 0.1) is 0 Å². The number of ether oxygens (including phenoxy) is 1. The zero-order chi connectivity index (χ0) is 10.5. The summed E-state index contributed by atoms with van der Waals surface area (Å²) in [6, 6.07) is -0.883. The highest BCUT2D eigenvalue weighted by Crippen LogP contribution is 2.22. The first-order valence-corrected chi connectivity index (χ1v) is 3.72. The lowest BCUT2D eigenvalue weighted by Crippen LogP contribution is -2.35. The Bertz CT molecular complexity index is 170. The predicted octanol–water partition coefficient (Wildman–Crippen LogP) is 1.09. The largest absolute Gasteiger partial charge is 0.468 e. The van der Waals surface area contributed by atoms with Gasteiger partial charge < -0.3 is 10.1 Å². The predicted molar refractivity (Wildman–Crippen MR) is 40.2 cm³/mol. The number of alkyl halides is 3. The molecule has 0 unspecified atom stereocenters. The second-order valence-electron chi connectivity index (χ2n) is 2.52. The Balaban J connectivity index is 3.93. The van der Waals surface area contributed by atoms with E-state index in [2.05, 4.69) is 10.1 Å². The fraction of sp³-hybridized carbons (Fsp3) is 0.857. The summed E-state index contributed by atoms with van der Waals surface area (Å²) in [6.07, 6.45) is -5.52. The molecule has 0 aromatic rings. The lowest BCUT2D eigenvalue weighted by molar-refractivity contribution is -0.148. The van der Waals surface area contributed by atoms with Gasteiger partial charge in [-0.25, -0.2) is 0 Å². The van der Waals surface area contributed by atoms with Crippen LogP contribution < -0.4 is 5.32 Å². The fourth-order valence-electron chi connectivity index (χ4n) is 0.830. The van der Waals surface area contributed by atoms with Crippen LogP contribution in [0.1, 0.15) is 12.8 Å². The van der Waals surface area contributed by atoms with Crippen molar-refractivity contribution >= 4 is 5.97 Å². The van der Waals surface area contributed by atoms with Gasteiger partial charge in [0.2, 0.25) is 0 Å². The van der Waals surface area contributed by atoms with Gasteiger partial charge in [-0.05, 0) is 13.5 Å². The summed E-state index contributed by atoms with van der Waals surface area (Å²) in [6.45, 7) is 0. The summed E-state index contributed by atoms with van der Waals surface area (Å²) in [5.74, 6) is -0.674. The summed E-state index contributed by atoms with van der Waals surface area (Å²) < 4.78 is 39.5. The van der Waals surface area contributed by atoms with Crippen molar-refractivity contribution in [2.45, 2.75) is 25.1 Å². The molecular formula is C7H12F3NO2. The number of carbonyl (C=O) groups excluding carboxylic acids is 1. The third-order valence-corrected chi connectivity index (χ3v) is 1.55. The molecule has 0 spiro atoms. The van der Waals surface area contributed by atoms with E-state index in [1.807, 2.05) is 0 Å². The minimum Gasteiger partial charge on any atom is -0.468 e. The minimum atomic E-state index is -4.23. The molecule has 3 nitrogen and oxygen atoms in total. The third-order valence-electron chi connectivity index (χ3n) is 1.55. The van der Waals surface area contributed by atoms with E-state index < -0.39 is 24.6 Å². The van der Waals surface area contributed by atoms with Gasteiger partial charge in [0, 0.05) is 6.42 Å². The van der Waals surface area contributed by atoms with Crippen molar-refractivity contribution in [1.82, 2.24) is 5.32 Å². The number of likely N-dealkylation sites (N-methyl/N-ethyl adjacent to an activating group) is 1. The van der Waals surface area contributed by atoms with Gasteiger partial charge >= 0.3 is 12.1 Å². The third kappa shape index (κ3) is 5.46. The average Bonchev–Trinajstić information content (AvgIpc) is 2.03. The molecule has 0 aromatic carbocycles. The molecule has 0 saturated carbocycles. The van der Waals surface area contributed by atoms with Crippen molar-refractivity contribution in [1.29, 1.82) is 0 Å². The molecular weight excluding hydrogens is 187 g/mol. The zero-order valence-electron chi connectivity index (χ0n) is 7.44. The van der Waals surface area contributed by atoms with Gasteiger partial charge in [0.05, 0.1) is 7.11 Å². The van der Waals surface area contributed by atoms with E-state index in [0.717, 1.165) is 7.11 Å². The maximum Gasteiger partial charge on any atom is 0.389 e. The van der Waals surface area contributed by atoms with Crippen LogP contribution in [-0.2, 0) is 9.53 Å². The van der Waals surface area contributed by atoms with Crippen LogP contribution in [0.25, 0.3) is 0 Å². The lowest BCUT2D eigenvalue weighted by Gasteiger charge is -2.14. The van der Waals surface area contributed by atoms with E-state index in [-0.39, 0.29) is 6.42 Å². The van der Waals surface area contributed by atoms with Crippen molar-refractivity contribution in [3.63, 3.8) is 0 Å². The van der Waals surface area contributed by atoms with Crippen molar-refractivity contribution in [2.75, 3.05) is 14.2 Å². The van der Waals surface area contributed by atoms with E-state index in [4.69, 9.17) is 0 Å². The topological polar surface area (TPSA) is 38.3 Å². The van der Waals surface area contributed by atoms with E-state index >= 15 is 0 Å². The van der Waals surface area contributed by atoms with Crippen molar-refractivity contribution < 1.29 is 22.7 Å². The molecule has 0 radical (unpaired) electrons. The quantitative estimate of drug-likeness (QED) is 0.689. The molecule has 0 aromatic heterocycles. The van der Waals surface area contributed by atoms with E-state index in [1.165, 1.54) is 7.05 Å². The van der Waals surface area contributed by atoms with Crippen molar-refractivity contribution in [2.24, 2.45) is 0 Å². The molecule has 13 heavy (non-hydrogen) atoms. The highest BCUT2D eigenvalue weighted by Gasteiger charge is 2.30. The van der Waals surface area contributed by atoms with Gasteiger partial charge in [-0.3, -0.25) is 4.79 Å². The van der Waals surface area contributed by atoms with Crippen LogP contribution in [0.5, 0.6) is 0 Å². The number of carbonyl (C=O) groups is 1. The van der Waals surface area contributed by atoms with Gasteiger partial charge in [0.25, 0.3) is 0 Å². The van der Waals surface area contributed by atoms with Gasteiger partial charge in [0.1, 0.15) is 6.04 Å². The van der Waals surface area contributed by atoms with Crippen LogP contribution in [0.4, 0.5) is 13.2 Å². The second-order valence-corrected chi connectivity index (χ2v) is 2.52. The monoisotopic (exact) mass is 199 g/mol. The summed E-state index contributed by atoms with van der Waals surface area (Å²) in [5.41, 5.74) is 0. The van der Waals surface area contributed by atoms with Gasteiger partial charge in [-0.15, -0.1) is 0 Å². The maximum atomic E-state index is 11.7. The molecule has 0 rings (SSSR count). The fourth-order valence-corrected chi connectivity index (χ4v) is 0.830. The number of rotatable bonds is 4. The average molecular weight is 199 g/mol. The Labute approximate surface area is 74.3 Å². The molecule has 0 bridgehead atoms. The molecule has 0 saturated heterocycles. The molecule has 1 atom stereocenters. The van der Waals surface area contributed by atoms with Crippen molar-refractivity contribution in [3.05, 3.63) is 0 Å². The number of halogens is 3. The number of esters is 1. The number of hydrogen-bond acceptors (Lipinski definition) is 3. The van der Waals surface area contributed by atoms with Crippen LogP contribution in [0.15, 0.2) is 0 Å². The molecule has 0 heterocycles. The normalized spacial score (nSPS) is 13.9. The number of methoxy groups -OCH3 is 1. The summed E-state index contributed by atoms with van der Waals surface area (Å²) >= 11 is 0. The van der Waals surface area contributed by atoms with E-state index in [1.54, 1.807) is 0 Å². The van der Waals surface area contributed by atoms with Crippen LogP contribution in [-0.4, -0.2) is 32.3 Å². The molecule has 0 aliphatic rings. The molecule has 0 fully saturated rings. The molecule has 0 aliphatic carbocycles. The standard InChI is InChI=1S/C7H12F3NO2/c1-11-5(6(12)13-2)3-4-7(8,9)10/h5,11H,3-4H2,1-2H3/t5-/m1/s1. The van der Waals surface area contributed by atoms with Crippen LogP contribution in [0.2, 0.25) is 0 Å². The Morgan fingerprint density at radius 2 is 2.08 bits per heavy atom. The van der Waals surface area contributed by atoms with E-state index in [0.29, 0.717) is 0 Å². The second kappa shape index (κ2) is 5.06. The first-order chi connectivity index (χ1) is 5.90. The molecule has 6 heteroatoms. The summed E-state index contributed by atoms with van der Waals surface area (Å²) in [7, 11) is 2.55. The van der Waals surface area contributed by atoms with Crippen molar-refractivity contribution in [3.8, 4) is 0 Å². The molecule has 0 aliphatic heterocycles. The van der Waals surface area contributed by atoms with Crippen LogP contribution in [0.3, 0.4) is 0 Å². The Morgan fingerprint density at radius 3 is 2.38 bits per heavy atom. The first-order valence-electron chi connectivity index (χ1n) is 3.72. The van der Waals surface area contributed by atoms with Gasteiger partial charge in [-0.2, -0.15) is 13.2 Å². The zero-order valence-corrected chi connectivity index (χ0v) is 7.44. The molecule has 1 N–H and O–H groups in total. The summed E-state index contributed by atoms with van der Waals surface area (Å²) in [5, 5.41) is 2.45. The van der Waals surface area contributed by atoms with Gasteiger partial charge in [0.15, 0.2) is 0 Å². The minimum absolute atomic E-state index is 0.299. The molecule has 78 valence electrons. The Hall–Kier alpha value is -0.780. The molecule has 0 amide bonds. The first kappa shape index (κ1) is 12.2. The smallest absolute Gasteiger partial charge is 0.389 e. The number of hydrogen-bond donors (Lipinski definition) is 1. The summed E-state index contributed by atoms with van der Waals surface area (Å²) in [4.78, 5) is 10.8. The Kier molecular flexibility index (Phi) is 4.76. The van der Waals surface area contributed by atoms with Gasteiger partial charge in [-0.1, -0.05) is 0 Å². The lowest BCUT2D eigenvalue weighted by atomic mass is 10.1. The Morgan fingerprint density at radius 1 is 1.54 bits per heavy atom. The van der Waals surface area contributed by atoms with Crippen LogP contribution >= 0.6 is 0 Å². The highest BCUT2D eigenvalue weighted by molar-refractivity contribution is 5.75. The highest BCUT2D eigenvalue weighted by atomic mass is 19.4. The SMILES string of the molecule is CN[C@H](CCC(F)(F)F)C(=O)OC. The van der Waals surface area contributed by atoms with E-state index in [9.17, 15) is 18.0 Å².